The maximum absolute atomic E-state index is 11.1. The number of Topliss-reactive ketones (excluding diaryl/α,β-unsaturated/α-hetero) is 1. The van der Waals surface area contributed by atoms with Crippen LogP contribution in [0.25, 0.3) is 0 Å². The topological polar surface area (TPSA) is 60.2 Å². The zero-order valence-corrected chi connectivity index (χ0v) is 9.95. The van der Waals surface area contributed by atoms with E-state index in [0.29, 0.717) is 0 Å². The van der Waals surface area contributed by atoms with Gasteiger partial charge >= 0.3 is 0 Å². The Morgan fingerprint density at radius 1 is 1.33 bits per heavy atom. The lowest BCUT2D eigenvalue weighted by Crippen LogP contribution is -2.24. The summed E-state index contributed by atoms with van der Waals surface area (Å²) in [6, 6.07) is 7.65. The van der Waals surface area contributed by atoms with E-state index in [2.05, 4.69) is 15.9 Å². The van der Waals surface area contributed by atoms with Crippen LogP contribution in [0.4, 0.5) is 0 Å². The fraction of sp³-hybridized carbons (Fsp3) is 0.273. The van der Waals surface area contributed by atoms with Crippen molar-refractivity contribution in [1.29, 1.82) is 0 Å². The minimum Gasteiger partial charge on any atom is -0.363 e. The molecule has 0 aliphatic rings. The molecule has 1 rings (SSSR count). The predicted molar refractivity (Wildman–Crippen MR) is 61.4 cm³/mol. The molecule has 0 saturated carbocycles. The molecule has 0 aliphatic carbocycles. The predicted octanol–water partition coefficient (Wildman–Crippen LogP) is 2.00. The van der Waals surface area contributed by atoms with Crippen LogP contribution in [0.15, 0.2) is 28.7 Å². The van der Waals surface area contributed by atoms with E-state index in [9.17, 15) is 9.59 Å². The summed E-state index contributed by atoms with van der Waals surface area (Å²) in [4.78, 5) is 21.7. The molecule has 0 bridgehead atoms. The normalized spacial score (nSPS) is 12.1. The molecule has 1 atom stereocenters. The minimum atomic E-state index is -0.862. The second-order valence-corrected chi connectivity index (χ2v) is 4.36. The van der Waals surface area contributed by atoms with Gasteiger partial charge in [0.25, 0.3) is 5.91 Å². The number of rotatable bonds is 4. The second-order valence-electron chi connectivity index (χ2n) is 3.44. The Bertz CT molecular complexity index is 373. The van der Waals surface area contributed by atoms with Gasteiger partial charge in [0.2, 0.25) is 5.78 Å². The first-order valence-electron chi connectivity index (χ1n) is 4.59. The van der Waals surface area contributed by atoms with Crippen molar-refractivity contribution in [1.82, 2.24) is 0 Å². The van der Waals surface area contributed by atoms with Gasteiger partial charge in [-0.1, -0.05) is 35.0 Å². The van der Waals surface area contributed by atoms with Crippen LogP contribution in [-0.4, -0.2) is 11.7 Å². The lowest BCUT2D eigenvalue weighted by molar-refractivity contribution is -0.136. The molecule has 1 unspecified atom stereocenters. The lowest BCUT2D eigenvalue weighted by atomic mass is 9.96. The number of amides is 1. The highest BCUT2D eigenvalue weighted by Crippen LogP contribution is 2.21. The number of hydrogen-bond donors (Lipinski definition) is 1. The molecule has 0 saturated heterocycles. The number of halogens is 1. The molecule has 0 spiro atoms. The SMILES string of the molecule is CC(CC(=O)C(N)=O)c1ccc(Br)cc1. The van der Waals surface area contributed by atoms with Crippen molar-refractivity contribution in [2.75, 3.05) is 0 Å². The van der Waals surface area contributed by atoms with Crippen LogP contribution >= 0.6 is 15.9 Å². The van der Waals surface area contributed by atoms with Gasteiger partial charge < -0.3 is 5.73 Å². The molecule has 80 valence electrons. The van der Waals surface area contributed by atoms with Crippen LogP contribution in [0.1, 0.15) is 24.8 Å². The monoisotopic (exact) mass is 269 g/mol. The molecule has 2 N–H and O–H groups in total. The number of carbonyl (C=O) groups excluding carboxylic acids is 2. The van der Waals surface area contributed by atoms with Crippen molar-refractivity contribution in [3.63, 3.8) is 0 Å². The van der Waals surface area contributed by atoms with Gasteiger partial charge in [0.15, 0.2) is 0 Å². The average Bonchev–Trinajstić information content (AvgIpc) is 2.18. The van der Waals surface area contributed by atoms with Crippen LogP contribution in [0.5, 0.6) is 0 Å². The number of carbonyl (C=O) groups is 2. The van der Waals surface area contributed by atoms with Gasteiger partial charge in [-0.25, -0.2) is 0 Å². The molecule has 15 heavy (non-hydrogen) atoms. The molecule has 0 fully saturated rings. The summed E-state index contributed by atoms with van der Waals surface area (Å²) in [6.07, 6.45) is 0.164. The molecule has 0 heterocycles. The van der Waals surface area contributed by atoms with Crippen LogP contribution in [0.2, 0.25) is 0 Å². The van der Waals surface area contributed by atoms with E-state index >= 15 is 0 Å². The molecule has 0 aliphatic heterocycles. The molecule has 1 amide bonds. The van der Waals surface area contributed by atoms with Gasteiger partial charge in [-0.15, -0.1) is 0 Å². The zero-order chi connectivity index (χ0) is 11.4. The first kappa shape index (κ1) is 11.9. The highest BCUT2D eigenvalue weighted by atomic mass is 79.9. The maximum atomic E-state index is 11.1. The number of primary amides is 1. The van der Waals surface area contributed by atoms with E-state index in [1.54, 1.807) is 0 Å². The molecule has 1 aromatic rings. The fourth-order valence-corrected chi connectivity index (χ4v) is 1.55. The third-order valence-corrected chi connectivity index (χ3v) is 2.73. The Hall–Kier alpha value is -1.16. The largest absolute Gasteiger partial charge is 0.363 e. The van der Waals surface area contributed by atoms with Crippen molar-refractivity contribution in [3.05, 3.63) is 34.3 Å². The van der Waals surface area contributed by atoms with Gasteiger partial charge in [0, 0.05) is 10.9 Å². The molecule has 3 nitrogen and oxygen atoms in total. The van der Waals surface area contributed by atoms with Crippen molar-refractivity contribution in [2.45, 2.75) is 19.3 Å². The third-order valence-electron chi connectivity index (χ3n) is 2.21. The van der Waals surface area contributed by atoms with E-state index in [1.807, 2.05) is 31.2 Å². The third kappa shape index (κ3) is 3.47. The van der Waals surface area contributed by atoms with Crippen LogP contribution in [0, 0.1) is 0 Å². The second kappa shape index (κ2) is 5.07. The molecule has 4 heteroatoms. The average molecular weight is 270 g/mol. The number of ketones is 1. The Labute approximate surface area is 96.8 Å². The van der Waals surface area contributed by atoms with Gasteiger partial charge in [0.05, 0.1) is 0 Å². The quantitative estimate of drug-likeness (QED) is 0.850. The number of hydrogen-bond acceptors (Lipinski definition) is 2. The summed E-state index contributed by atoms with van der Waals surface area (Å²) < 4.78 is 0.986. The fourth-order valence-electron chi connectivity index (χ4n) is 1.29. The van der Waals surface area contributed by atoms with E-state index in [4.69, 9.17) is 5.73 Å². The van der Waals surface area contributed by atoms with Crippen molar-refractivity contribution in [2.24, 2.45) is 5.73 Å². The Morgan fingerprint density at radius 3 is 2.33 bits per heavy atom. The van der Waals surface area contributed by atoms with Gasteiger partial charge in [-0.05, 0) is 23.6 Å². The Balaban J connectivity index is 2.69. The van der Waals surface area contributed by atoms with Crippen molar-refractivity contribution >= 4 is 27.6 Å². The van der Waals surface area contributed by atoms with E-state index in [-0.39, 0.29) is 12.3 Å². The van der Waals surface area contributed by atoms with Gasteiger partial charge in [-0.2, -0.15) is 0 Å². The smallest absolute Gasteiger partial charge is 0.284 e. The maximum Gasteiger partial charge on any atom is 0.284 e. The Kier molecular flexibility index (Phi) is 4.03. The van der Waals surface area contributed by atoms with E-state index < -0.39 is 11.7 Å². The summed E-state index contributed by atoms with van der Waals surface area (Å²) in [5.41, 5.74) is 5.91. The first-order chi connectivity index (χ1) is 7.00. The standard InChI is InChI=1S/C11H12BrNO2/c1-7(6-10(14)11(13)15)8-2-4-9(12)5-3-8/h2-5,7H,6H2,1H3,(H2,13,15). The first-order valence-corrected chi connectivity index (χ1v) is 5.38. The molecular weight excluding hydrogens is 258 g/mol. The van der Waals surface area contributed by atoms with Crippen molar-refractivity contribution in [3.8, 4) is 0 Å². The van der Waals surface area contributed by atoms with Crippen LogP contribution < -0.4 is 5.73 Å². The van der Waals surface area contributed by atoms with Gasteiger partial charge in [-0.3, -0.25) is 9.59 Å². The zero-order valence-electron chi connectivity index (χ0n) is 8.37. The van der Waals surface area contributed by atoms with Crippen LogP contribution in [0.3, 0.4) is 0 Å². The summed E-state index contributed by atoms with van der Waals surface area (Å²) in [6.45, 7) is 1.89. The minimum absolute atomic E-state index is 0.0121. The summed E-state index contributed by atoms with van der Waals surface area (Å²) in [7, 11) is 0. The highest BCUT2D eigenvalue weighted by molar-refractivity contribution is 9.10. The van der Waals surface area contributed by atoms with Crippen molar-refractivity contribution < 1.29 is 9.59 Å². The Morgan fingerprint density at radius 2 is 1.87 bits per heavy atom. The van der Waals surface area contributed by atoms with Gasteiger partial charge in [0.1, 0.15) is 0 Å². The summed E-state index contributed by atoms with van der Waals surface area (Å²) >= 11 is 3.33. The number of nitrogens with two attached hydrogens (primary N) is 1. The van der Waals surface area contributed by atoms with Crippen LogP contribution in [-0.2, 0) is 9.59 Å². The molecule has 1 aromatic carbocycles. The highest BCUT2D eigenvalue weighted by Gasteiger charge is 2.15. The summed E-state index contributed by atoms with van der Waals surface area (Å²) in [5.74, 6) is -1.37. The molecule has 0 radical (unpaired) electrons. The lowest BCUT2D eigenvalue weighted by Gasteiger charge is -2.09. The number of benzene rings is 1. The van der Waals surface area contributed by atoms with E-state index in [1.165, 1.54) is 0 Å². The van der Waals surface area contributed by atoms with E-state index in [0.717, 1.165) is 10.0 Å². The molecule has 0 aromatic heterocycles. The summed E-state index contributed by atoms with van der Waals surface area (Å²) in [5, 5.41) is 0. The molecular formula is C11H12BrNO2.